The number of nitrogens with zero attached hydrogens (tertiary/aromatic N) is 2. The lowest BCUT2D eigenvalue weighted by atomic mass is 9.91. The molecule has 4 rings (SSSR count). The quantitative estimate of drug-likeness (QED) is 0.481. The summed E-state index contributed by atoms with van der Waals surface area (Å²) in [7, 11) is 0. The second-order valence-electron chi connectivity index (χ2n) is 8.11. The summed E-state index contributed by atoms with van der Waals surface area (Å²) in [4.78, 5) is 22.0. The summed E-state index contributed by atoms with van der Waals surface area (Å²) >= 11 is 6.48. The molecule has 8 heteroatoms. The average Bonchev–Trinajstić information content (AvgIpc) is 3.32. The summed E-state index contributed by atoms with van der Waals surface area (Å²) in [6.07, 6.45) is 3.34. The van der Waals surface area contributed by atoms with Crippen LogP contribution in [0.15, 0.2) is 77.9 Å². The molecule has 0 spiro atoms. The third-order valence-electron chi connectivity index (χ3n) is 5.81. The van der Waals surface area contributed by atoms with Gasteiger partial charge >= 0.3 is 0 Å². The van der Waals surface area contributed by atoms with Crippen LogP contribution < -0.4 is 5.32 Å². The van der Waals surface area contributed by atoms with Gasteiger partial charge in [-0.1, -0.05) is 35.9 Å². The molecule has 6 nitrogen and oxygen atoms in total. The monoisotopic (exact) mass is 479 g/mol. The van der Waals surface area contributed by atoms with Gasteiger partial charge in [0.15, 0.2) is 0 Å². The number of aliphatic imine (C=N–C) groups is 1. The van der Waals surface area contributed by atoms with Crippen molar-refractivity contribution in [1.82, 2.24) is 10.3 Å². The standard InChI is InChI=1S/C26H23ClFN3O3/c1-26(34,22-7-2-3-12-29-22)23(15-32)31-25(33)19-5-4-6-20(27)24(19)21-13-17(14-30-21)16-8-10-18(28)11-9-16/h2-13,23,32,34H,14-15H2,1H3,(H,31,33)/t23-,26?/m0/s1. The maximum absolute atomic E-state index is 13.3. The van der Waals surface area contributed by atoms with Crippen molar-refractivity contribution in [2.45, 2.75) is 18.6 Å². The molecule has 1 aliphatic rings. The van der Waals surface area contributed by atoms with E-state index in [-0.39, 0.29) is 11.4 Å². The van der Waals surface area contributed by atoms with Crippen molar-refractivity contribution in [2.75, 3.05) is 13.2 Å². The highest BCUT2D eigenvalue weighted by atomic mass is 35.5. The van der Waals surface area contributed by atoms with Gasteiger partial charge in [0.1, 0.15) is 11.4 Å². The molecule has 0 bridgehead atoms. The summed E-state index contributed by atoms with van der Waals surface area (Å²) in [5.74, 6) is -0.854. The Bertz CT molecular complexity index is 1260. The highest BCUT2D eigenvalue weighted by Crippen LogP contribution is 2.29. The van der Waals surface area contributed by atoms with Gasteiger partial charge in [0.05, 0.1) is 41.2 Å². The second-order valence-corrected chi connectivity index (χ2v) is 8.52. The Balaban J connectivity index is 1.63. The van der Waals surface area contributed by atoms with Crippen LogP contribution in [0.1, 0.15) is 34.1 Å². The van der Waals surface area contributed by atoms with Crippen LogP contribution in [0.25, 0.3) is 5.57 Å². The maximum atomic E-state index is 13.3. The van der Waals surface area contributed by atoms with Gasteiger partial charge in [0, 0.05) is 11.8 Å². The topological polar surface area (TPSA) is 94.8 Å². The molecule has 0 saturated carbocycles. The van der Waals surface area contributed by atoms with E-state index >= 15 is 0 Å². The smallest absolute Gasteiger partial charge is 0.252 e. The van der Waals surface area contributed by atoms with E-state index < -0.39 is 24.2 Å². The van der Waals surface area contributed by atoms with Crippen LogP contribution in [-0.2, 0) is 5.60 Å². The van der Waals surface area contributed by atoms with Crippen molar-refractivity contribution in [1.29, 1.82) is 0 Å². The van der Waals surface area contributed by atoms with Gasteiger partial charge in [-0.05, 0) is 60.5 Å². The zero-order chi connectivity index (χ0) is 24.3. The lowest BCUT2D eigenvalue weighted by Gasteiger charge is -2.32. The number of halogens is 2. The Hall–Kier alpha value is -3.39. The van der Waals surface area contributed by atoms with Gasteiger partial charge in [0.25, 0.3) is 5.91 Å². The van der Waals surface area contributed by atoms with E-state index in [0.717, 1.165) is 11.1 Å². The van der Waals surface area contributed by atoms with Crippen LogP contribution in [0.3, 0.4) is 0 Å². The normalized spacial score (nSPS) is 15.8. The van der Waals surface area contributed by atoms with Crippen LogP contribution in [0.2, 0.25) is 5.02 Å². The molecule has 1 aromatic heterocycles. The molecular formula is C26H23ClFN3O3. The third kappa shape index (κ3) is 4.77. The summed E-state index contributed by atoms with van der Waals surface area (Å²) in [6.45, 7) is 1.33. The molecule has 1 amide bonds. The first kappa shape index (κ1) is 23.8. The number of carbonyl (C=O) groups excluding carboxylic acids is 1. The highest BCUT2D eigenvalue weighted by Gasteiger charge is 2.36. The number of aromatic nitrogens is 1. The zero-order valence-electron chi connectivity index (χ0n) is 18.4. The third-order valence-corrected chi connectivity index (χ3v) is 6.12. The number of nitrogens with one attached hydrogen (secondary N) is 1. The van der Waals surface area contributed by atoms with Crippen molar-refractivity contribution in [3.8, 4) is 0 Å². The first-order chi connectivity index (χ1) is 16.3. The van der Waals surface area contributed by atoms with Gasteiger partial charge in [-0.25, -0.2) is 4.39 Å². The predicted molar refractivity (Wildman–Crippen MR) is 129 cm³/mol. The van der Waals surface area contributed by atoms with Crippen molar-refractivity contribution < 1.29 is 19.4 Å². The molecule has 3 aromatic rings. The minimum atomic E-state index is -1.62. The lowest BCUT2D eigenvalue weighted by molar-refractivity contribution is -0.00810. The summed E-state index contributed by atoms with van der Waals surface area (Å²) < 4.78 is 13.3. The Morgan fingerprint density at radius 1 is 1.18 bits per heavy atom. The average molecular weight is 480 g/mol. The van der Waals surface area contributed by atoms with Gasteiger partial charge in [-0.3, -0.25) is 14.8 Å². The zero-order valence-corrected chi connectivity index (χ0v) is 19.1. The molecule has 1 unspecified atom stereocenters. The summed E-state index contributed by atoms with van der Waals surface area (Å²) in [5, 5.41) is 24.0. The number of aliphatic hydroxyl groups excluding tert-OH is 1. The number of rotatable bonds is 7. The number of pyridine rings is 1. The van der Waals surface area contributed by atoms with Crippen LogP contribution in [0.4, 0.5) is 4.39 Å². The van der Waals surface area contributed by atoms with Crippen molar-refractivity contribution in [3.05, 3.63) is 106 Å². The second kappa shape index (κ2) is 9.85. The highest BCUT2D eigenvalue weighted by molar-refractivity contribution is 6.37. The fraction of sp³-hybridized carbons (Fsp3) is 0.192. The van der Waals surface area contributed by atoms with Gasteiger partial charge in [0.2, 0.25) is 0 Å². The molecule has 3 N–H and O–H groups in total. The number of hydrogen-bond donors (Lipinski definition) is 3. The van der Waals surface area contributed by atoms with Crippen LogP contribution >= 0.6 is 11.6 Å². The van der Waals surface area contributed by atoms with Gasteiger partial charge in [-0.15, -0.1) is 0 Å². The minimum absolute atomic E-state index is 0.248. The molecule has 0 fully saturated rings. The summed E-state index contributed by atoms with van der Waals surface area (Å²) in [5.41, 5.74) is 1.59. The van der Waals surface area contributed by atoms with E-state index in [1.807, 2.05) is 6.08 Å². The van der Waals surface area contributed by atoms with Gasteiger partial charge < -0.3 is 15.5 Å². The molecule has 1 aliphatic heterocycles. The maximum Gasteiger partial charge on any atom is 0.252 e. The van der Waals surface area contributed by atoms with Crippen LogP contribution in [0.5, 0.6) is 0 Å². The Morgan fingerprint density at radius 3 is 2.62 bits per heavy atom. The molecule has 174 valence electrons. The largest absolute Gasteiger partial charge is 0.394 e. The van der Waals surface area contributed by atoms with Crippen molar-refractivity contribution in [2.24, 2.45) is 4.99 Å². The number of allylic oxidation sites excluding steroid dienone is 1. The molecular weight excluding hydrogens is 457 g/mol. The van der Waals surface area contributed by atoms with Crippen LogP contribution in [-0.4, -0.2) is 46.0 Å². The lowest BCUT2D eigenvalue weighted by Crippen LogP contribution is -2.51. The first-order valence-corrected chi connectivity index (χ1v) is 11.0. The minimum Gasteiger partial charge on any atom is -0.394 e. The summed E-state index contributed by atoms with van der Waals surface area (Å²) in [6, 6.07) is 15.0. The van der Waals surface area contributed by atoms with Gasteiger partial charge in [-0.2, -0.15) is 0 Å². The van der Waals surface area contributed by atoms with Crippen molar-refractivity contribution >= 4 is 28.8 Å². The molecule has 2 heterocycles. The van der Waals surface area contributed by atoms with E-state index in [0.29, 0.717) is 28.5 Å². The SMILES string of the molecule is CC(O)(c1ccccn1)[C@H](CO)NC(=O)c1cccc(Cl)c1C1=NCC(c2ccc(F)cc2)=C1. The number of amides is 1. The van der Waals surface area contributed by atoms with E-state index in [4.69, 9.17) is 11.6 Å². The van der Waals surface area contributed by atoms with Crippen molar-refractivity contribution in [3.63, 3.8) is 0 Å². The molecule has 2 aromatic carbocycles. The molecule has 0 aliphatic carbocycles. The van der Waals surface area contributed by atoms with E-state index in [1.54, 1.807) is 48.5 Å². The molecule has 0 saturated heterocycles. The fourth-order valence-electron chi connectivity index (χ4n) is 3.83. The molecule has 0 radical (unpaired) electrons. The number of carbonyl (C=O) groups is 1. The van der Waals surface area contributed by atoms with Crippen LogP contribution in [0, 0.1) is 5.82 Å². The Kier molecular flexibility index (Phi) is 6.88. The number of hydrogen-bond acceptors (Lipinski definition) is 5. The molecule has 2 atom stereocenters. The first-order valence-electron chi connectivity index (χ1n) is 10.7. The Morgan fingerprint density at radius 2 is 1.94 bits per heavy atom. The van der Waals surface area contributed by atoms with E-state index in [9.17, 15) is 19.4 Å². The van der Waals surface area contributed by atoms with E-state index in [2.05, 4.69) is 15.3 Å². The fourth-order valence-corrected chi connectivity index (χ4v) is 4.10. The number of aliphatic hydroxyl groups is 2. The molecule has 34 heavy (non-hydrogen) atoms. The predicted octanol–water partition coefficient (Wildman–Crippen LogP) is 3.76. The number of benzene rings is 2. The Labute approximate surface area is 201 Å². The van der Waals surface area contributed by atoms with E-state index in [1.165, 1.54) is 25.3 Å².